The van der Waals surface area contributed by atoms with Crippen molar-refractivity contribution in [2.45, 2.75) is 19.9 Å². The summed E-state index contributed by atoms with van der Waals surface area (Å²) in [6.07, 6.45) is 0. The van der Waals surface area contributed by atoms with E-state index in [2.05, 4.69) is 10.5 Å². The molecule has 1 atom stereocenters. The molecule has 0 radical (unpaired) electrons. The first kappa shape index (κ1) is 22.3. The van der Waals surface area contributed by atoms with E-state index in [0.717, 1.165) is 33.6 Å². The van der Waals surface area contributed by atoms with Crippen LogP contribution in [0.25, 0.3) is 17.0 Å². The number of aromatic nitrogens is 2. The highest BCUT2D eigenvalue weighted by molar-refractivity contribution is 7.80. The highest BCUT2D eigenvalue weighted by Gasteiger charge is 2.34. The van der Waals surface area contributed by atoms with Gasteiger partial charge in [0.15, 0.2) is 5.11 Å². The van der Waals surface area contributed by atoms with Gasteiger partial charge < -0.3 is 9.84 Å². The molecule has 1 aliphatic rings. The minimum Gasteiger partial charge on any atom is -0.351 e. The highest BCUT2D eigenvalue weighted by atomic mass is 35.5. The molecule has 170 valence electrons. The van der Waals surface area contributed by atoms with Crippen molar-refractivity contribution in [3.05, 3.63) is 106 Å². The monoisotopic (exact) mass is 490 g/mol. The van der Waals surface area contributed by atoms with E-state index in [4.69, 9.17) is 33.3 Å². The lowest BCUT2D eigenvalue weighted by Crippen LogP contribution is -2.46. The summed E-state index contributed by atoms with van der Waals surface area (Å²) >= 11 is 11.7. The van der Waals surface area contributed by atoms with E-state index >= 15 is 0 Å². The van der Waals surface area contributed by atoms with Gasteiger partial charge in [0.2, 0.25) is 5.82 Å². The molecule has 1 aliphatic heterocycles. The van der Waals surface area contributed by atoms with Gasteiger partial charge in [0, 0.05) is 22.0 Å². The largest absolute Gasteiger partial charge is 0.351 e. The van der Waals surface area contributed by atoms with Crippen molar-refractivity contribution in [2.75, 3.05) is 4.90 Å². The number of halogens is 2. The number of benzene rings is 3. The van der Waals surface area contributed by atoms with E-state index in [1.165, 1.54) is 12.1 Å². The maximum atomic E-state index is 13.6. The molecule has 1 aromatic heterocycles. The van der Waals surface area contributed by atoms with Crippen LogP contribution in [-0.4, -0.2) is 15.3 Å². The Morgan fingerprint density at radius 3 is 2.32 bits per heavy atom. The van der Waals surface area contributed by atoms with Crippen LogP contribution < -0.4 is 10.2 Å². The molecule has 0 saturated carbocycles. The number of aryl methyl sites for hydroxylation is 1. The predicted octanol–water partition coefficient (Wildman–Crippen LogP) is 6.70. The van der Waals surface area contributed by atoms with Gasteiger partial charge in [-0.15, -0.1) is 0 Å². The van der Waals surface area contributed by atoms with Crippen LogP contribution in [0.3, 0.4) is 0 Å². The average molecular weight is 491 g/mol. The first-order valence-corrected chi connectivity index (χ1v) is 11.4. The van der Waals surface area contributed by atoms with Crippen LogP contribution in [0.4, 0.5) is 10.1 Å². The van der Waals surface area contributed by atoms with Crippen molar-refractivity contribution in [2.24, 2.45) is 0 Å². The van der Waals surface area contributed by atoms with Gasteiger partial charge >= 0.3 is 0 Å². The highest BCUT2D eigenvalue weighted by Crippen LogP contribution is 2.39. The Morgan fingerprint density at radius 1 is 0.971 bits per heavy atom. The van der Waals surface area contributed by atoms with Gasteiger partial charge in [-0.3, -0.25) is 4.90 Å². The van der Waals surface area contributed by atoms with Gasteiger partial charge in [0.25, 0.3) is 5.89 Å². The van der Waals surface area contributed by atoms with Crippen molar-refractivity contribution in [1.29, 1.82) is 0 Å². The van der Waals surface area contributed by atoms with Crippen LogP contribution in [0.1, 0.15) is 30.0 Å². The van der Waals surface area contributed by atoms with Crippen LogP contribution in [-0.2, 0) is 0 Å². The summed E-state index contributed by atoms with van der Waals surface area (Å²) in [7, 11) is 0. The Balaban J connectivity index is 1.64. The number of rotatable bonds is 4. The second-order valence-electron chi connectivity index (χ2n) is 8.03. The zero-order chi connectivity index (χ0) is 23.8. The molecule has 4 aromatic rings. The fourth-order valence-electron chi connectivity index (χ4n) is 3.98. The molecule has 0 amide bonds. The molecule has 5 rings (SSSR count). The van der Waals surface area contributed by atoms with E-state index in [1.54, 1.807) is 24.3 Å². The molecule has 1 unspecified atom stereocenters. The molecule has 5 nitrogen and oxygen atoms in total. The number of anilines is 1. The molecule has 0 fully saturated rings. The second kappa shape index (κ2) is 9.00. The van der Waals surface area contributed by atoms with Crippen molar-refractivity contribution >= 4 is 40.2 Å². The van der Waals surface area contributed by atoms with Gasteiger partial charge in [0.1, 0.15) is 5.82 Å². The summed E-state index contributed by atoms with van der Waals surface area (Å²) < 4.78 is 19.3. The van der Waals surface area contributed by atoms with Crippen molar-refractivity contribution in [1.82, 2.24) is 15.5 Å². The maximum absolute atomic E-state index is 13.6. The van der Waals surface area contributed by atoms with Gasteiger partial charge in [-0.05, 0) is 80.2 Å². The van der Waals surface area contributed by atoms with Crippen molar-refractivity contribution < 1.29 is 8.91 Å². The van der Waals surface area contributed by atoms with Crippen LogP contribution >= 0.6 is 23.8 Å². The minimum atomic E-state index is -0.316. The Morgan fingerprint density at radius 2 is 1.65 bits per heavy atom. The molecule has 0 saturated heterocycles. The van der Waals surface area contributed by atoms with E-state index in [0.29, 0.717) is 21.9 Å². The van der Waals surface area contributed by atoms with E-state index < -0.39 is 0 Å². The molecule has 0 bridgehead atoms. The summed E-state index contributed by atoms with van der Waals surface area (Å²) in [4.78, 5) is 6.54. The molecule has 0 spiro atoms. The molecular formula is C26H20ClFN4OS. The molecule has 2 heterocycles. The van der Waals surface area contributed by atoms with Crippen molar-refractivity contribution in [3.63, 3.8) is 0 Å². The van der Waals surface area contributed by atoms with Gasteiger partial charge in [0.05, 0.1) is 11.6 Å². The second-order valence-corrected chi connectivity index (χ2v) is 8.86. The summed E-state index contributed by atoms with van der Waals surface area (Å²) in [5, 5.41) is 8.74. The number of nitrogens with one attached hydrogen (secondary N) is 1. The number of hydrogen-bond donors (Lipinski definition) is 1. The molecule has 0 aliphatic carbocycles. The van der Waals surface area contributed by atoms with Crippen LogP contribution in [0.2, 0.25) is 5.02 Å². The Hall–Kier alpha value is -3.55. The SMILES string of the molecule is CC1=C(c2nc(-c3ccc(Cl)cc3)no2)C(c2ccc(C)cc2)NC(=S)N1c1ccc(F)cc1. The third kappa shape index (κ3) is 4.20. The average Bonchev–Trinajstić information content (AvgIpc) is 3.30. The van der Waals surface area contributed by atoms with Crippen LogP contribution in [0, 0.1) is 12.7 Å². The molecule has 34 heavy (non-hydrogen) atoms. The molecule has 3 aromatic carbocycles. The number of allylic oxidation sites excluding steroid dienone is 1. The summed E-state index contributed by atoms with van der Waals surface area (Å²) in [5.41, 5.74) is 5.28. The van der Waals surface area contributed by atoms with E-state index in [9.17, 15) is 4.39 Å². The smallest absolute Gasteiger partial charge is 0.258 e. The molecular weight excluding hydrogens is 471 g/mol. The van der Waals surface area contributed by atoms with Gasteiger partial charge in [-0.2, -0.15) is 4.98 Å². The summed E-state index contributed by atoms with van der Waals surface area (Å²) in [6.45, 7) is 3.98. The lowest BCUT2D eigenvalue weighted by molar-refractivity contribution is 0.404. The number of hydrogen-bond acceptors (Lipinski definition) is 4. The topological polar surface area (TPSA) is 54.2 Å². The minimum absolute atomic E-state index is 0.302. The van der Waals surface area contributed by atoms with E-state index in [1.807, 2.05) is 55.1 Å². The Bertz CT molecular complexity index is 1380. The van der Waals surface area contributed by atoms with Crippen LogP contribution in [0.15, 0.2) is 83.0 Å². The maximum Gasteiger partial charge on any atom is 0.258 e. The first-order chi connectivity index (χ1) is 16.4. The number of nitrogens with zero attached hydrogens (tertiary/aromatic N) is 3. The third-order valence-electron chi connectivity index (χ3n) is 5.74. The van der Waals surface area contributed by atoms with Gasteiger partial charge in [-0.25, -0.2) is 4.39 Å². The summed E-state index contributed by atoms with van der Waals surface area (Å²) in [6, 6.07) is 21.3. The fourth-order valence-corrected chi connectivity index (χ4v) is 4.47. The fraction of sp³-hybridized carbons (Fsp3) is 0.115. The molecule has 1 N–H and O–H groups in total. The van der Waals surface area contributed by atoms with E-state index in [-0.39, 0.29) is 11.9 Å². The summed E-state index contributed by atoms with van der Waals surface area (Å²) in [5.74, 6) is 0.509. The van der Waals surface area contributed by atoms with Crippen LogP contribution in [0.5, 0.6) is 0 Å². The predicted molar refractivity (Wildman–Crippen MR) is 136 cm³/mol. The Kier molecular flexibility index (Phi) is 5.89. The zero-order valence-electron chi connectivity index (χ0n) is 18.4. The molecule has 8 heteroatoms. The number of thiocarbonyl (C=S) groups is 1. The quantitative estimate of drug-likeness (QED) is 0.321. The first-order valence-electron chi connectivity index (χ1n) is 10.6. The zero-order valence-corrected chi connectivity index (χ0v) is 20.0. The standard InChI is InChI=1S/C26H20ClFN4OS/c1-15-3-5-17(6-4-15)23-22(25-30-24(31-33-25)18-7-9-19(27)10-8-18)16(2)32(26(34)29-23)21-13-11-20(28)12-14-21/h3-14,23H,1-2H3,(H,29,34). The lowest BCUT2D eigenvalue weighted by atomic mass is 9.94. The third-order valence-corrected chi connectivity index (χ3v) is 6.29. The lowest BCUT2D eigenvalue weighted by Gasteiger charge is -2.37. The van der Waals surface area contributed by atoms with Crippen molar-refractivity contribution in [3.8, 4) is 11.4 Å². The normalized spacial score (nSPS) is 16.1. The Labute approximate surface area is 206 Å². The van der Waals surface area contributed by atoms with Gasteiger partial charge in [-0.1, -0.05) is 46.6 Å².